The summed E-state index contributed by atoms with van der Waals surface area (Å²) in [4.78, 5) is 91.5. The number of carboxylic acids is 1. The Kier molecular flexibility index (Phi) is 47.5. The molecule has 668 valence electrons. The fraction of sp³-hybridized carbons (Fsp3) is 0.125. The predicted molar refractivity (Wildman–Crippen MR) is 505 cm³/mol. The van der Waals surface area contributed by atoms with Crippen LogP contribution in [0.1, 0.15) is 83.6 Å². The van der Waals surface area contributed by atoms with Crippen molar-refractivity contribution in [1.29, 1.82) is 0 Å². The molecule has 22 N–H and O–H groups in total. The molecule has 12 aromatic rings. The largest absolute Gasteiger partial charge is 0.478 e. The number of nitrogen functional groups attached to an aromatic ring is 3. The van der Waals surface area contributed by atoms with E-state index in [0.717, 1.165) is 29.9 Å². The van der Waals surface area contributed by atoms with Crippen molar-refractivity contribution in [1.82, 2.24) is 34.6 Å². The Morgan fingerprint density at radius 3 is 0.944 bits per heavy atom. The number of para-hydroxylation sites is 4. The van der Waals surface area contributed by atoms with Gasteiger partial charge in [-0.1, -0.05) is 152 Å². The number of nitrogens with one attached hydrogen (secondary N) is 3. The summed E-state index contributed by atoms with van der Waals surface area (Å²) in [6.07, 6.45) is 6.87. The molecule has 2 aromatic heterocycles. The maximum Gasteiger partial charge on any atom is 0.339 e. The van der Waals surface area contributed by atoms with Crippen molar-refractivity contribution in [3.63, 3.8) is 0 Å². The third kappa shape index (κ3) is 37.5. The first kappa shape index (κ1) is 112. The topological polar surface area (TPSA) is 567 Å². The van der Waals surface area contributed by atoms with Crippen molar-refractivity contribution in [2.45, 2.75) is 45.9 Å². The molecular weight excluding hydrogens is 1770 g/mol. The van der Waals surface area contributed by atoms with Crippen LogP contribution in [0.3, 0.4) is 0 Å². The maximum absolute atomic E-state index is 12.9. The SMILES string of the molecule is COC(=O)c1ccccc1N.COC(=O)c1ccccc1N.COC(=O)c1ccccc1NC(=O)c1ccc(-c2ccccc2S(C)(=O)=O)cc1.CS(=O)(=O)c1ccccc1-c1ccc(C(=O)O)cc1.Cc1ccc(N)nc1.Cc1ccc(NC(=O)c2ccccc2NC(=O)c2ccc(-c3ccccc3S(C)(=O)=O)cc2)nc1.N.N.N.N.O=P(Cl)(Cl)Cl.[CH3][Al]([CH3])[CH3]. The van der Waals surface area contributed by atoms with Gasteiger partial charge in [0.1, 0.15) is 11.6 Å². The van der Waals surface area contributed by atoms with Crippen molar-refractivity contribution in [3.05, 3.63) is 329 Å². The summed E-state index contributed by atoms with van der Waals surface area (Å²) >= 11 is 13.7. The highest BCUT2D eigenvalue weighted by Gasteiger charge is 2.21. The molecule has 126 heavy (non-hydrogen) atoms. The zero-order valence-corrected chi connectivity index (χ0v) is 77.6. The molecule has 0 saturated carbocycles. The minimum atomic E-state index is -3.41. The molecule has 30 nitrogen and oxygen atoms in total. The first-order valence-electron chi connectivity index (χ1n) is 36.2. The molecule has 0 aliphatic carbocycles. The summed E-state index contributed by atoms with van der Waals surface area (Å²) in [5.74, 6) is 4.35. The van der Waals surface area contributed by atoms with Gasteiger partial charge in [0.25, 0.3) is 31.9 Å². The smallest absolute Gasteiger partial charge is 0.339 e. The second kappa shape index (κ2) is 53.6. The summed E-state index contributed by atoms with van der Waals surface area (Å²) in [6.45, 7) is 3.88. The van der Waals surface area contributed by atoms with E-state index in [4.69, 9.17) is 27.0 Å². The van der Waals surface area contributed by atoms with E-state index in [2.05, 4.69) is 86.5 Å². The zero-order valence-electron chi connectivity index (χ0n) is 70.8. The number of aromatic nitrogens is 2. The number of carbonyl (C=O) groups is 7. The molecule has 0 aliphatic heterocycles. The molecule has 0 atom stereocenters. The van der Waals surface area contributed by atoms with Gasteiger partial charge in [-0.15, -0.1) is 17.4 Å². The van der Waals surface area contributed by atoms with Crippen molar-refractivity contribution in [2.75, 3.05) is 73.2 Å². The van der Waals surface area contributed by atoms with Crippen LogP contribution < -0.4 is 57.8 Å². The Hall–Kier alpha value is -12.5. The van der Waals surface area contributed by atoms with Crippen LogP contribution in [-0.2, 0) is 48.3 Å². The Morgan fingerprint density at radius 2 is 0.651 bits per heavy atom. The van der Waals surface area contributed by atoms with E-state index < -0.39 is 76.3 Å². The molecule has 0 fully saturated rings. The number of carbonyl (C=O) groups excluding carboxylic acids is 6. The van der Waals surface area contributed by atoms with Crippen molar-refractivity contribution in [2.24, 2.45) is 0 Å². The molecule has 0 radical (unpaired) electrons. The third-order valence-corrected chi connectivity index (χ3v) is 19.5. The molecule has 10 aromatic carbocycles. The minimum absolute atomic E-state index is 0. The number of hydrogen-bond acceptors (Lipinski definition) is 26. The number of carboxylic acid groups (broad SMARTS) is 1. The quantitative estimate of drug-likeness (QED) is 0.0141. The van der Waals surface area contributed by atoms with Gasteiger partial charge < -0.3 is 77.1 Å². The van der Waals surface area contributed by atoms with Crippen LogP contribution in [0.4, 0.5) is 34.4 Å². The molecule has 0 spiro atoms. The number of ether oxygens (including phenoxy) is 3. The average Bonchev–Trinajstić information content (AvgIpc) is 0.809. The Labute approximate surface area is 752 Å². The zero-order chi connectivity index (χ0) is 90.7. The number of pyridine rings is 2. The van der Waals surface area contributed by atoms with Crippen LogP contribution in [0.15, 0.2) is 294 Å². The van der Waals surface area contributed by atoms with E-state index in [0.29, 0.717) is 95.6 Å². The predicted octanol–water partition coefficient (Wildman–Crippen LogP) is 19.1. The summed E-state index contributed by atoms with van der Waals surface area (Å²) in [6, 6.07) is 73.5. The monoisotopic (exact) mass is 1870 g/mol. The first-order valence-corrected chi connectivity index (χ1v) is 49.8. The lowest BCUT2D eigenvalue weighted by molar-refractivity contribution is 0.0593. The van der Waals surface area contributed by atoms with Crippen LogP contribution in [0.2, 0.25) is 17.4 Å². The maximum atomic E-state index is 12.9. The molecule has 12 rings (SSSR count). The number of methoxy groups -OCH3 is 3. The minimum Gasteiger partial charge on any atom is -0.478 e. The molecule has 3 amide bonds. The number of aromatic carboxylic acids is 1. The number of sulfone groups is 3. The number of anilines is 6. The number of esters is 3. The second-order valence-electron chi connectivity index (χ2n) is 26.6. The lowest BCUT2D eigenvalue weighted by atomic mass is 10.0. The van der Waals surface area contributed by atoms with Crippen LogP contribution in [0, 0.1) is 13.8 Å². The van der Waals surface area contributed by atoms with Crippen LogP contribution in [0.25, 0.3) is 33.4 Å². The van der Waals surface area contributed by atoms with Gasteiger partial charge in [0.2, 0.25) is 0 Å². The number of rotatable bonds is 16. The van der Waals surface area contributed by atoms with Crippen LogP contribution >= 0.6 is 38.9 Å². The van der Waals surface area contributed by atoms with E-state index in [1.54, 1.807) is 249 Å². The fourth-order valence-electron chi connectivity index (χ4n) is 10.3. The fourth-order valence-corrected chi connectivity index (χ4v) is 13.1. The summed E-state index contributed by atoms with van der Waals surface area (Å²) in [5, 5.41) is 13.8. The van der Waals surface area contributed by atoms with Gasteiger partial charge in [0.05, 0.1) is 75.2 Å². The number of benzene rings is 10. The highest BCUT2D eigenvalue weighted by Crippen LogP contribution is 2.61. The Balaban J connectivity index is 0.000000782. The van der Waals surface area contributed by atoms with Gasteiger partial charge in [-0.25, -0.2) is 54.4 Å². The molecule has 0 unspecified atom stereocenters. The summed E-state index contributed by atoms with van der Waals surface area (Å²) in [7, 11) is -6.19. The molecule has 0 aliphatic rings. The van der Waals surface area contributed by atoms with Crippen molar-refractivity contribution in [3.8, 4) is 33.4 Å². The highest BCUT2D eigenvalue weighted by atomic mass is 36.0. The Bertz CT molecular complexity index is 5950. The van der Waals surface area contributed by atoms with E-state index in [9.17, 15) is 63.4 Å². The normalized spacial score (nSPS) is 10.1. The van der Waals surface area contributed by atoms with E-state index in [-0.39, 0.29) is 64.6 Å². The third-order valence-electron chi connectivity index (χ3n) is 16.0. The number of nitrogens with two attached hydrogens (primary N) is 3. The summed E-state index contributed by atoms with van der Waals surface area (Å²) < 4.78 is 94.9. The van der Waals surface area contributed by atoms with Gasteiger partial charge in [0, 0.05) is 70.4 Å². The number of hydrogen-bond donors (Lipinski definition) is 11. The number of aryl methyl sites for hydroxylation is 2. The van der Waals surface area contributed by atoms with Crippen LogP contribution in [0.5, 0.6) is 0 Å². The average molecular weight is 1880 g/mol. The van der Waals surface area contributed by atoms with Crippen molar-refractivity contribution < 1.29 is 82.7 Å². The van der Waals surface area contributed by atoms with E-state index in [1.165, 1.54) is 39.5 Å². The van der Waals surface area contributed by atoms with Gasteiger partial charge in [-0.2, -0.15) is 0 Å². The molecule has 2 heterocycles. The van der Waals surface area contributed by atoms with Gasteiger partial charge in [-0.05, 0) is 191 Å². The van der Waals surface area contributed by atoms with Gasteiger partial charge >= 0.3 is 29.1 Å². The van der Waals surface area contributed by atoms with Gasteiger partial charge in [-0.3, -0.25) is 18.9 Å². The lowest BCUT2D eigenvalue weighted by Gasteiger charge is -2.12. The number of nitrogens with zero attached hydrogens (tertiary/aromatic N) is 2. The standard InChI is InChI=1S/C27H23N3O4S.C22H19NO5S.C14H12O4S.2C8H9NO2.C6H8N2.3CH3.Al.Cl3OP.4H3N/c1-18-11-16-25(28-17-18)30-27(32)22-8-3-5-9-23(22)29-26(31)20-14-12-19(13-15-20)21-7-4-6-10-24(21)35(2,33)34;1-28-22(25)18-8-3-5-9-19(18)23-21(24)16-13-11-15(12-14-16)17-7-4-6-10-20(17)29(2,26)27;1-19(17,18)13-5-3-2-4-12(13)10-6-8-11(9-7-10)14(15)16;2*1-11-8(10)6-4-2-3-5-7(6)9;1-5-2-3-6(7)8-4-5;;;;;1-5(2,3)4;;;;/h3-17H,1-2H3,(H,29,31)(H,28,30,32);3-14H,1-2H3,(H,23,24);2-9H,1H3,(H,15,16);2*2-5H,9H2,1H3;2-4H,1H3,(H2,7,8);3*1H3;;;4*1H3. The number of amides is 3. The van der Waals surface area contributed by atoms with Gasteiger partial charge in [0.15, 0.2) is 29.5 Å². The molecule has 0 saturated heterocycles. The van der Waals surface area contributed by atoms with E-state index >= 15 is 0 Å². The molecular formula is C88H101AlCl3N12O18PS3. The van der Waals surface area contributed by atoms with Crippen LogP contribution in [-0.4, -0.2) is 136 Å². The highest BCUT2D eigenvalue weighted by molar-refractivity contribution is 8.24. The second-order valence-corrected chi connectivity index (χ2v) is 42.6. The molecule has 38 heteroatoms. The van der Waals surface area contributed by atoms with E-state index in [1.807, 2.05) is 26.0 Å². The summed E-state index contributed by atoms with van der Waals surface area (Å²) in [5.41, 5.74) is 26.0. The molecule has 0 bridgehead atoms. The van der Waals surface area contributed by atoms with Crippen molar-refractivity contribution >= 4 is 159 Å². The first-order chi connectivity index (χ1) is 57.4. The Morgan fingerprint density at radius 1 is 0.373 bits per heavy atom. The number of halogens is 3. The lowest BCUT2D eigenvalue weighted by Crippen LogP contribution is -2.18.